The summed E-state index contributed by atoms with van der Waals surface area (Å²) in [5, 5.41) is -0.0161. The fraction of sp³-hybridized carbons (Fsp3) is 0.133. The number of rotatable bonds is 2. The zero-order valence-corrected chi connectivity index (χ0v) is 11.7. The lowest BCUT2D eigenvalue weighted by Gasteiger charge is -2.09. The van der Waals surface area contributed by atoms with Crippen molar-refractivity contribution in [1.29, 1.82) is 0 Å². The summed E-state index contributed by atoms with van der Waals surface area (Å²) in [6.45, 7) is 3.04. The standard InChI is InChI=1S/C15H12ClF2NO/c1-7-3-10(11(16)6-12(7)17)15(20)9-4-13(18)8(2)14(19)5-9/h3-6H,19H2,1-2H3. The van der Waals surface area contributed by atoms with Crippen LogP contribution in [0.5, 0.6) is 0 Å². The minimum atomic E-state index is -0.566. The molecule has 0 spiro atoms. The van der Waals surface area contributed by atoms with Gasteiger partial charge in [-0.05, 0) is 43.7 Å². The van der Waals surface area contributed by atoms with E-state index in [1.54, 1.807) is 0 Å². The molecule has 2 rings (SSSR count). The van der Waals surface area contributed by atoms with Crippen LogP contribution in [0, 0.1) is 25.5 Å². The number of aryl methyl sites for hydroxylation is 1. The minimum absolute atomic E-state index is 0.0161. The second-order valence-electron chi connectivity index (χ2n) is 4.58. The molecule has 2 aromatic rings. The highest BCUT2D eigenvalue weighted by Gasteiger charge is 2.17. The fourth-order valence-corrected chi connectivity index (χ4v) is 2.05. The first-order valence-electron chi connectivity index (χ1n) is 5.87. The molecule has 2 N–H and O–H groups in total. The lowest BCUT2D eigenvalue weighted by molar-refractivity contribution is 0.103. The molecule has 0 saturated heterocycles. The minimum Gasteiger partial charge on any atom is -0.398 e. The Balaban J connectivity index is 2.55. The van der Waals surface area contributed by atoms with E-state index in [9.17, 15) is 13.6 Å². The van der Waals surface area contributed by atoms with E-state index in [1.165, 1.54) is 26.0 Å². The van der Waals surface area contributed by atoms with Crippen molar-refractivity contribution in [3.63, 3.8) is 0 Å². The molecule has 0 aromatic heterocycles. The molecule has 2 nitrogen and oxygen atoms in total. The van der Waals surface area contributed by atoms with Crippen LogP contribution in [0.2, 0.25) is 5.02 Å². The molecule has 0 radical (unpaired) electrons. The van der Waals surface area contributed by atoms with Crippen molar-refractivity contribution >= 4 is 23.1 Å². The highest BCUT2D eigenvalue weighted by molar-refractivity contribution is 6.35. The molecule has 2 aromatic carbocycles. The van der Waals surface area contributed by atoms with Crippen LogP contribution in [0.1, 0.15) is 27.0 Å². The van der Waals surface area contributed by atoms with Gasteiger partial charge in [0.25, 0.3) is 0 Å². The van der Waals surface area contributed by atoms with Gasteiger partial charge in [-0.1, -0.05) is 11.6 Å². The second-order valence-corrected chi connectivity index (χ2v) is 4.99. The van der Waals surface area contributed by atoms with Crippen molar-refractivity contribution in [2.24, 2.45) is 0 Å². The summed E-state index contributed by atoms with van der Waals surface area (Å²) in [6.07, 6.45) is 0. The molecule has 0 bridgehead atoms. The zero-order chi connectivity index (χ0) is 15.0. The molecule has 104 valence electrons. The van der Waals surface area contributed by atoms with Crippen molar-refractivity contribution < 1.29 is 13.6 Å². The summed E-state index contributed by atoms with van der Waals surface area (Å²) in [5.74, 6) is -1.56. The van der Waals surface area contributed by atoms with Crippen molar-refractivity contribution in [2.45, 2.75) is 13.8 Å². The number of benzene rings is 2. The predicted molar refractivity (Wildman–Crippen MR) is 75.1 cm³/mol. The molecule has 0 amide bonds. The van der Waals surface area contributed by atoms with E-state index >= 15 is 0 Å². The van der Waals surface area contributed by atoms with Gasteiger partial charge in [0.05, 0.1) is 5.02 Å². The van der Waals surface area contributed by atoms with Gasteiger partial charge in [-0.2, -0.15) is 0 Å². The van der Waals surface area contributed by atoms with Crippen LogP contribution >= 0.6 is 11.6 Å². The van der Waals surface area contributed by atoms with E-state index < -0.39 is 17.4 Å². The van der Waals surface area contributed by atoms with Crippen molar-refractivity contribution in [3.8, 4) is 0 Å². The van der Waals surface area contributed by atoms with Gasteiger partial charge in [-0.15, -0.1) is 0 Å². The Morgan fingerprint density at radius 2 is 1.75 bits per heavy atom. The number of nitrogens with two attached hydrogens (primary N) is 1. The molecule has 20 heavy (non-hydrogen) atoms. The van der Waals surface area contributed by atoms with Gasteiger partial charge < -0.3 is 5.73 Å². The Kier molecular flexibility index (Phi) is 3.77. The molecule has 0 heterocycles. The number of hydrogen-bond acceptors (Lipinski definition) is 2. The number of hydrogen-bond donors (Lipinski definition) is 1. The van der Waals surface area contributed by atoms with Crippen molar-refractivity contribution in [1.82, 2.24) is 0 Å². The van der Waals surface area contributed by atoms with E-state index in [4.69, 9.17) is 17.3 Å². The molecular formula is C15H12ClF2NO. The van der Waals surface area contributed by atoms with Crippen molar-refractivity contribution in [3.05, 3.63) is 63.2 Å². The quantitative estimate of drug-likeness (QED) is 0.671. The number of carbonyl (C=O) groups excluding carboxylic acids is 1. The maximum atomic E-state index is 13.6. The highest BCUT2D eigenvalue weighted by atomic mass is 35.5. The van der Waals surface area contributed by atoms with E-state index in [1.807, 2.05) is 0 Å². The van der Waals surface area contributed by atoms with E-state index in [2.05, 4.69) is 0 Å². The average Bonchev–Trinajstić information content (AvgIpc) is 2.38. The first kappa shape index (κ1) is 14.5. The third kappa shape index (κ3) is 2.51. The Morgan fingerprint density at radius 3 is 2.35 bits per heavy atom. The second kappa shape index (κ2) is 5.21. The van der Waals surface area contributed by atoms with Crippen LogP contribution in [-0.2, 0) is 0 Å². The maximum Gasteiger partial charge on any atom is 0.194 e. The van der Waals surface area contributed by atoms with Gasteiger partial charge in [0.15, 0.2) is 5.78 Å². The van der Waals surface area contributed by atoms with Crippen LogP contribution < -0.4 is 5.73 Å². The van der Waals surface area contributed by atoms with Crippen LogP contribution in [0.15, 0.2) is 24.3 Å². The first-order chi connectivity index (χ1) is 9.31. The van der Waals surface area contributed by atoms with Crippen LogP contribution in [0.3, 0.4) is 0 Å². The Hall–Kier alpha value is -1.94. The molecule has 5 heteroatoms. The van der Waals surface area contributed by atoms with E-state index in [-0.39, 0.29) is 27.4 Å². The maximum absolute atomic E-state index is 13.6. The highest BCUT2D eigenvalue weighted by Crippen LogP contribution is 2.25. The summed E-state index contributed by atoms with van der Waals surface area (Å²) in [7, 11) is 0. The summed E-state index contributed by atoms with van der Waals surface area (Å²) in [5.41, 5.74) is 6.60. The molecule has 0 atom stereocenters. The number of halogens is 3. The van der Waals surface area contributed by atoms with Crippen molar-refractivity contribution in [2.75, 3.05) is 5.73 Å². The average molecular weight is 296 g/mol. The molecule has 0 aliphatic rings. The number of nitrogen functional groups attached to an aromatic ring is 1. The largest absolute Gasteiger partial charge is 0.398 e. The van der Waals surface area contributed by atoms with E-state index in [0.717, 1.165) is 12.1 Å². The third-order valence-electron chi connectivity index (χ3n) is 3.14. The molecule has 0 saturated carbocycles. The van der Waals surface area contributed by atoms with Gasteiger partial charge in [0.2, 0.25) is 0 Å². The number of anilines is 1. The van der Waals surface area contributed by atoms with Gasteiger partial charge >= 0.3 is 0 Å². The van der Waals surface area contributed by atoms with Gasteiger partial charge in [-0.25, -0.2) is 8.78 Å². The van der Waals surface area contributed by atoms with Crippen LogP contribution in [0.25, 0.3) is 0 Å². The Labute approximate surface area is 120 Å². The van der Waals surface area contributed by atoms with Gasteiger partial charge in [0.1, 0.15) is 11.6 Å². The fourth-order valence-electron chi connectivity index (χ4n) is 1.82. The molecule has 0 unspecified atom stereocenters. The first-order valence-corrected chi connectivity index (χ1v) is 6.25. The Morgan fingerprint density at radius 1 is 1.10 bits per heavy atom. The SMILES string of the molecule is Cc1cc(C(=O)c2cc(N)c(C)c(F)c2)c(Cl)cc1F. The summed E-state index contributed by atoms with van der Waals surface area (Å²) < 4.78 is 27.0. The monoisotopic (exact) mass is 295 g/mol. The summed E-state index contributed by atoms with van der Waals surface area (Å²) >= 11 is 5.87. The smallest absolute Gasteiger partial charge is 0.194 e. The Bertz CT molecular complexity index is 690. The van der Waals surface area contributed by atoms with Gasteiger partial charge in [0, 0.05) is 22.4 Å². The summed E-state index contributed by atoms with van der Waals surface area (Å²) in [6, 6.07) is 4.89. The zero-order valence-electron chi connectivity index (χ0n) is 10.9. The molecular weight excluding hydrogens is 284 g/mol. The van der Waals surface area contributed by atoms with Crippen LogP contribution in [-0.4, -0.2) is 5.78 Å². The third-order valence-corrected chi connectivity index (χ3v) is 3.45. The predicted octanol–water partition coefficient (Wildman–Crippen LogP) is 4.05. The number of ketones is 1. The normalized spacial score (nSPS) is 10.7. The molecule has 0 aliphatic carbocycles. The number of carbonyl (C=O) groups is 1. The van der Waals surface area contributed by atoms with Crippen LogP contribution in [0.4, 0.5) is 14.5 Å². The van der Waals surface area contributed by atoms with Gasteiger partial charge in [-0.3, -0.25) is 4.79 Å². The van der Waals surface area contributed by atoms with E-state index in [0.29, 0.717) is 5.56 Å². The lowest BCUT2D eigenvalue weighted by Crippen LogP contribution is -2.06. The molecule has 0 fully saturated rings. The topological polar surface area (TPSA) is 43.1 Å². The molecule has 0 aliphatic heterocycles. The summed E-state index contributed by atoms with van der Waals surface area (Å²) in [4.78, 5) is 12.3. The lowest BCUT2D eigenvalue weighted by atomic mass is 9.99.